The van der Waals surface area contributed by atoms with Crippen LogP contribution >= 0.6 is 0 Å². The Kier molecular flexibility index (Phi) is 7.98. The number of hydrogen-bond acceptors (Lipinski definition) is 5. The van der Waals surface area contributed by atoms with E-state index in [1.54, 1.807) is 0 Å². The van der Waals surface area contributed by atoms with Crippen LogP contribution in [0.25, 0.3) is 0 Å². The molecule has 0 bridgehead atoms. The molecule has 0 aromatic rings. The standard InChI is InChI=1S/C13H27NO5S/c1-2-18-11-12-19-10-9-14(6-3-4-7-14)8-5-13-20(15,16)17/h2-13H2,1H3. The van der Waals surface area contributed by atoms with E-state index < -0.39 is 10.1 Å². The second-order valence-electron chi connectivity index (χ2n) is 5.37. The molecule has 0 N–H and O–H groups in total. The van der Waals surface area contributed by atoms with Crippen LogP contribution in [0, 0.1) is 0 Å². The Labute approximate surface area is 122 Å². The lowest BCUT2D eigenvalue weighted by Crippen LogP contribution is -2.48. The molecule has 0 saturated carbocycles. The van der Waals surface area contributed by atoms with E-state index in [1.807, 2.05) is 6.92 Å². The molecule has 0 aromatic heterocycles. The second-order valence-corrected chi connectivity index (χ2v) is 6.89. The first-order chi connectivity index (χ1) is 9.47. The van der Waals surface area contributed by atoms with E-state index in [-0.39, 0.29) is 5.75 Å². The monoisotopic (exact) mass is 309 g/mol. The molecular weight excluding hydrogens is 282 g/mol. The number of quaternary nitrogens is 1. The molecule has 1 saturated heterocycles. The molecule has 1 heterocycles. The molecule has 0 aromatic carbocycles. The van der Waals surface area contributed by atoms with Crippen molar-refractivity contribution in [1.82, 2.24) is 0 Å². The maximum atomic E-state index is 10.7. The molecule has 1 aliphatic rings. The van der Waals surface area contributed by atoms with Crippen molar-refractivity contribution in [1.29, 1.82) is 0 Å². The minimum Gasteiger partial charge on any atom is -0.748 e. The summed E-state index contributed by atoms with van der Waals surface area (Å²) in [5, 5.41) is 0. The molecule has 7 heteroatoms. The van der Waals surface area contributed by atoms with Crippen molar-refractivity contribution in [3.8, 4) is 0 Å². The largest absolute Gasteiger partial charge is 0.748 e. The third-order valence-corrected chi connectivity index (χ3v) is 4.62. The summed E-state index contributed by atoms with van der Waals surface area (Å²) in [7, 11) is -4.09. The number of ether oxygens (including phenoxy) is 2. The van der Waals surface area contributed by atoms with E-state index in [9.17, 15) is 13.0 Å². The number of likely N-dealkylation sites (tertiary alicyclic amines) is 1. The molecule has 1 rings (SSSR count). The smallest absolute Gasteiger partial charge is 0.102 e. The lowest BCUT2D eigenvalue weighted by atomic mass is 10.3. The van der Waals surface area contributed by atoms with E-state index in [2.05, 4.69) is 0 Å². The van der Waals surface area contributed by atoms with Crippen LogP contribution in [0.2, 0.25) is 0 Å². The van der Waals surface area contributed by atoms with Crippen molar-refractivity contribution in [2.24, 2.45) is 0 Å². The maximum absolute atomic E-state index is 10.7. The van der Waals surface area contributed by atoms with Crippen molar-refractivity contribution < 1.29 is 26.9 Å². The maximum Gasteiger partial charge on any atom is 0.102 e. The molecule has 20 heavy (non-hydrogen) atoms. The fourth-order valence-electron chi connectivity index (χ4n) is 2.76. The fourth-order valence-corrected chi connectivity index (χ4v) is 3.25. The minimum absolute atomic E-state index is 0.252. The van der Waals surface area contributed by atoms with Gasteiger partial charge in [0.25, 0.3) is 0 Å². The topological polar surface area (TPSA) is 75.7 Å². The van der Waals surface area contributed by atoms with E-state index in [0.29, 0.717) is 32.8 Å². The van der Waals surface area contributed by atoms with Crippen LogP contribution in [0.4, 0.5) is 0 Å². The van der Waals surface area contributed by atoms with Gasteiger partial charge in [-0.25, -0.2) is 8.42 Å². The normalized spacial score (nSPS) is 18.5. The molecule has 6 nitrogen and oxygen atoms in total. The average molecular weight is 309 g/mol. The van der Waals surface area contributed by atoms with Gasteiger partial charge in [0.15, 0.2) is 0 Å². The van der Waals surface area contributed by atoms with Crippen LogP contribution in [-0.2, 0) is 19.6 Å². The number of rotatable bonds is 11. The van der Waals surface area contributed by atoms with Crippen LogP contribution in [0.1, 0.15) is 26.2 Å². The highest BCUT2D eigenvalue weighted by Crippen LogP contribution is 2.20. The number of hydrogen-bond donors (Lipinski definition) is 0. The van der Waals surface area contributed by atoms with E-state index in [4.69, 9.17) is 9.47 Å². The fraction of sp³-hybridized carbons (Fsp3) is 1.00. The quantitative estimate of drug-likeness (QED) is 0.317. The van der Waals surface area contributed by atoms with Crippen molar-refractivity contribution in [2.45, 2.75) is 26.2 Å². The molecule has 1 fully saturated rings. The molecule has 0 radical (unpaired) electrons. The Balaban J connectivity index is 2.24. The van der Waals surface area contributed by atoms with Gasteiger partial charge in [-0.05, 0) is 6.92 Å². The van der Waals surface area contributed by atoms with Gasteiger partial charge in [-0.3, -0.25) is 0 Å². The van der Waals surface area contributed by atoms with E-state index in [0.717, 1.165) is 30.7 Å². The predicted octanol–water partition coefficient (Wildman–Crippen LogP) is 0.585. The van der Waals surface area contributed by atoms with Crippen molar-refractivity contribution in [3.63, 3.8) is 0 Å². The summed E-state index contributed by atoms with van der Waals surface area (Å²) in [6, 6.07) is 0. The summed E-state index contributed by atoms with van der Waals surface area (Å²) in [6.45, 7) is 8.31. The lowest BCUT2D eigenvalue weighted by Gasteiger charge is -2.34. The van der Waals surface area contributed by atoms with E-state index >= 15 is 0 Å². The third-order valence-electron chi connectivity index (χ3n) is 3.83. The highest BCUT2D eigenvalue weighted by molar-refractivity contribution is 7.85. The Hall–Kier alpha value is -0.210. The molecule has 120 valence electrons. The summed E-state index contributed by atoms with van der Waals surface area (Å²) >= 11 is 0. The van der Waals surface area contributed by atoms with Crippen molar-refractivity contribution in [2.75, 3.05) is 58.4 Å². The van der Waals surface area contributed by atoms with Gasteiger partial charge in [-0.2, -0.15) is 0 Å². The molecule has 0 unspecified atom stereocenters. The van der Waals surface area contributed by atoms with Crippen LogP contribution < -0.4 is 0 Å². The molecular formula is C13H27NO5S. The molecule has 0 amide bonds. The minimum atomic E-state index is -4.09. The molecule has 1 aliphatic heterocycles. The highest BCUT2D eigenvalue weighted by atomic mass is 32.2. The first-order valence-electron chi connectivity index (χ1n) is 7.42. The zero-order chi connectivity index (χ0) is 14.9. The summed E-state index contributed by atoms with van der Waals surface area (Å²) in [5.41, 5.74) is 0. The van der Waals surface area contributed by atoms with E-state index in [1.165, 1.54) is 12.8 Å². The van der Waals surface area contributed by atoms with Gasteiger partial charge in [0.05, 0.1) is 49.6 Å². The van der Waals surface area contributed by atoms with Crippen LogP contribution in [0.15, 0.2) is 0 Å². The highest BCUT2D eigenvalue weighted by Gasteiger charge is 2.31. The molecule has 0 atom stereocenters. The first-order valence-corrected chi connectivity index (χ1v) is 8.99. The third kappa shape index (κ3) is 7.54. The Morgan fingerprint density at radius 3 is 2.30 bits per heavy atom. The van der Waals surface area contributed by atoms with Gasteiger partial charge in [-0.15, -0.1) is 0 Å². The zero-order valence-electron chi connectivity index (χ0n) is 12.4. The van der Waals surface area contributed by atoms with Crippen molar-refractivity contribution >= 4 is 10.1 Å². The van der Waals surface area contributed by atoms with Gasteiger partial charge in [0.2, 0.25) is 0 Å². The van der Waals surface area contributed by atoms with Crippen molar-refractivity contribution in [3.05, 3.63) is 0 Å². The lowest BCUT2D eigenvalue weighted by molar-refractivity contribution is -0.917. The van der Waals surface area contributed by atoms with Crippen LogP contribution in [0.5, 0.6) is 0 Å². The SMILES string of the molecule is CCOCCOCC[N+]1(CCCS(=O)(=O)[O-])CCCC1. The zero-order valence-corrected chi connectivity index (χ0v) is 13.2. The van der Waals surface area contributed by atoms with Gasteiger partial charge in [0.1, 0.15) is 6.54 Å². The van der Waals surface area contributed by atoms with Crippen LogP contribution in [0.3, 0.4) is 0 Å². The summed E-state index contributed by atoms with van der Waals surface area (Å²) in [6.07, 6.45) is 2.79. The average Bonchev–Trinajstić information content (AvgIpc) is 2.81. The molecule has 0 aliphatic carbocycles. The second kappa shape index (κ2) is 8.94. The summed E-state index contributed by atoms with van der Waals surface area (Å²) in [4.78, 5) is 0. The predicted molar refractivity (Wildman–Crippen MR) is 75.5 cm³/mol. The molecule has 0 spiro atoms. The van der Waals surface area contributed by atoms with Crippen LogP contribution in [-0.4, -0.2) is 75.8 Å². The Bertz CT molecular complexity index is 352. The van der Waals surface area contributed by atoms with Gasteiger partial charge in [-0.1, -0.05) is 0 Å². The Morgan fingerprint density at radius 2 is 1.70 bits per heavy atom. The first kappa shape index (κ1) is 17.8. The summed E-state index contributed by atoms with van der Waals surface area (Å²) in [5.74, 6) is -0.252. The van der Waals surface area contributed by atoms with Gasteiger partial charge >= 0.3 is 0 Å². The Morgan fingerprint density at radius 1 is 1.05 bits per heavy atom. The summed E-state index contributed by atoms with van der Waals surface area (Å²) < 4.78 is 43.7. The number of nitrogens with zero attached hydrogens (tertiary/aromatic N) is 1. The van der Waals surface area contributed by atoms with Gasteiger partial charge in [0, 0.05) is 31.6 Å². The van der Waals surface area contributed by atoms with Gasteiger partial charge < -0.3 is 18.5 Å².